The molecule has 0 saturated heterocycles. The molecule has 3 heteroatoms. The first-order chi connectivity index (χ1) is 9.60. The Morgan fingerprint density at radius 1 is 1.62 bits per heavy atom. The average Bonchev–Trinajstić information content (AvgIpc) is 2.33. The van der Waals surface area contributed by atoms with E-state index in [2.05, 4.69) is 33.4 Å². The van der Waals surface area contributed by atoms with Gasteiger partial charge in [0.05, 0.1) is 0 Å². The standard InChI is InChI=1S/C18H28O3/c1-7-16(21-14(3)19)18(6,20)12-10-15-13(2)9-8-11-17(15,4)5/h7,9-10,12,15-16,20H,1,8,11H2,2-6H3/b12-10+/t15?,16-,18+/m0/s1. The Kier molecular flexibility index (Phi) is 5.57. The van der Waals surface area contributed by atoms with Crippen LogP contribution in [0.5, 0.6) is 0 Å². The molecule has 118 valence electrons. The van der Waals surface area contributed by atoms with Gasteiger partial charge in [-0.2, -0.15) is 0 Å². The third-order valence-electron chi connectivity index (χ3n) is 4.30. The Morgan fingerprint density at radius 2 is 2.24 bits per heavy atom. The zero-order chi connectivity index (χ0) is 16.3. The van der Waals surface area contributed by atoms with Crippen molar-refractivity contribution < 1.29 is 14.6 Å². The molecule has 0 heterocycles. The smallest absolute Gasteiger partial charge is 0.303 e. The molecule has 0 aromatic rings. The van der Waals surface area contributed by atoms with Crippen LogP contribution < -0.4 is 0 Å². The predicted octanol–water partition coefficient (Wildman–Crippen LogP) is 3.79. The highest BCUT2D eigenvalue weighted by Crippen LogP contribution is 2.42. The molecule has 0 amide bonds. The molecule has 0 fully saturated rings. The largest absolute Gasteiger partial charge is 0.455 e. The summed E-state index contributed by atoms with van der Waals surface area (Å²) in [6.45, 7) is 13.2. The van der Waals surface area contributed by atoms with Crippen LogP contribution in [0.15, 0.2) is 36.5 Å². The summed E-state index contributed by atoms with van der Waals surface area (Å²) in [6, 6.07) is 0. The van der Waals surface area contributed by atoms with Crippen LogP contribution in [0.4, 0.5) is 0 Å². The van der Waals surface area contributed by atoms with Gasteiger partial charge in [-0.3, -0.25) is 4.79 Å². The van der Waals surface area contributed by atoms with Gasteiger partial charge >= 0.3 is 5.97 Å². The second-order valence-electron chi connectivity index (χ2n) is 6.80. The van der Waals surface area contributed by atoms with Crippen molar-refractivity contribution in [3.8, 4) is 0 Å². The van der Waals surface area contributed by atoms with Gasteiger partial charge in [-0.1, -0.05) is 44.2 Å². The molecule has 0 aromatic carbocycles. The number of esters is 1. The summed E-state index contributed by atoms with van der Waals surface area (Å²) >= 11 is 0. The van der Waals surface area contributed by atoms with Gasteiger partial charge in [0.1, 0.15) is 5.60 Å². The molecule has 0 spiro atoms. The number of allylic oxidation sites excluding steroid dienone is 3. The fraction of sp³-hybridized carbons (Fsp3) is 0.611. The van der Waals surface area contributed by atoms with E-state index in [9.17, 15) is 9.90 Å². The Bertz CT molecular complexity index is 455. The van der Waals surface area contributed by atoms with E-state index in [-0.39, 0.29) is 11.3 Å². The van der Waals surface area contributed by atoms with Crippen molar-refractivity contribution in [3.63, 3.8) is 0 Å². The van der Waals surface area contributed by atoms with E-state index < -0.39 is 17.7 Å². The van der Waals surface area contributed by atoms with Crippen molar-refractivity contribution in [2.24, 2.45) is 11.3 Å². The molecule has 1 aliphatic carbocycles. The molecule has 1 N–H and O–H groups in total. The molecular weight excluding hydrogens is 264 g/mol. The zero-order valence-corrected chi connectivity index (χ0v) is 13.8. The first-order valence-electron chi connectivity index (χ1n) is 7.48. The molecule has 1 rings (SSSR count). The molecule has 0 aliphatic heterocycles. The molecule has 1 aliphatic rings. The zero-order valence-electron chi connectivity index (χ0n) is 13.8. The van der Waals surface area contributed by atoms with Crippen LogP contribution >= 0.6 is 0 Å². The van der Waals surface area contributed by atoms with E-state index in [0.29, 0.717) is 0 Å². The first-order valence-corrected chi connectivity index (χ1v) is 7.48. The maximum atomic E-state index is 11.1. The molecular formula is C18H28O3. The number of hydrogen-bond donors (Lipinski definition) is 1. The van der Waals surface area contributed by atoms with Gasteiger partial charge in [-0.25, -0.2) is 0 Å². The lowest BCUT2D eigenvalue weighted by molar-refractivity contribution is -0.152. The minimum absolute atomic E-state index is 0.163. The molecule has 3 nitrogen and oxygen atoms in total. The third kappa shape index (κ3) is 4.57. The fourth-order valence-corrected chi connectivity index (χ4v) is 2.95. The van der Waals surface area contributed by atoms with Crippen molar-refractivity contribution in [2.75, 3.05) is 0 Å². The van der Waals surface area contributed by atoms with Gasteiger partial charge < -0.3 is 9.84 Å². The first kappa shape index (κ1) is 17.7. The maximum absolute atomic E-state index is 11.1. The molecule has 0 bridgehead atoms. The summed E-state index contributed by atoms with van der Waals surface area (Å²) in [6.07, 6.45) is 8.95. The Hall–Kier alpha value is -1.35. The third-order valence-corrected chi connectivity index (χ3v) is 4.30. The lowest BCUT2D eigenvalue weighted by Gasteiger charge is -2.37. The summed E-state index contributed by atoms with van der Waals surface area (Å²) in [5, 5.41) is 10.6. The Labute approximate surface area is 128 Å². The summed E-state index contributed by atoms with van der Waals surface area (Å²) < 4.78 is 5.11. The normalized spacial score (nSPS) is 25.8. The van der Waals surface area contributed by atoms with Gasteiger partial charge in [0.25, 0.3) is 0 Å². The minimum atomic E-state index is -1.26. The molecule has 21 heavy (non-hydrogen) atoms. The quantitative estimate of drug-likeness (QED) is 0.619. The van der Waals surface area contributed by atoms with Crippen molar-refractivity contribution in [3.05, 3.63) is 36.5 Å². The highest BCUT2D eigenvalue weighted by molar-refractivity contribution is 5.66. The van der Waals surface area contributed by atoms with E-state index in [4.69, 9.17) is 4.74 Å². The highest BCUT2D eigenvalue weighted by Gasteiger charge is 2.34. The number of hydrogen-bond acceptors (Lipinski definition) is 3. The fourth-order valence-electron chi connectivity index (χ4n) is 2.95. The summed E-state index contributed by atoms with van der Waals surface area (Å²) in [5.74, 6) is -0.150. The van der Waals surface area contributed by atoms with E-state index >= 15 is 0 Å². The summed E-state index contributed by atoms with van der Waals surface area (Å²) in [4.78, 5) is 11.1. The topological polar surface area (TPSA) is 46.5 Å². The van der Waals surface area contributed by atoms with Crippen LogP contribution in [-0.2, 0) is 9.53 Å². The number of carbonyl (C=O) groups excluding carboxylic acids is 1. The molecule has 3 atom stereocenters. The lowest BCUT2D eigenvalue weighted by Crippen LogP contribution is -2.39. The van der Waals surface area contributed by atoms with Crippen LogP contribution in [0.1, 0.15) is 47.5 Å². The second-order valence-corrected chi connectivity index (χ2v) is 6.80. The maximum Gasteiger partial charge on any atom is 0.303 e. The van der Waals surface area contributed by atoms with Gasteiger partial charge in [-0.05, 0) is 38.2 Å². The summed E-state index contributed by atoms with van der Waals surface area (Å²) in [5.41, 5.74) is 0.221. The van der Waals surface area contributed by atoms with E-state index in [1.165, 1.54) is 18.6 Å². The number of rotatable bonds is 5. The number of ether oxygens (including phenoxy) is 1. The monoisotopic (exact) mass is 292 g/mol. The molecule has 0 saturated carbocycles. The van der Waals surface area contributed by atoms with Crippen LogP contribution in [0.3, 0.4) is 0 Å². The lowest BCUT2D eigenvalue weighted by atomic mass is 9.68. The van der Waals surface area contributed by atoms with Gasteiger partial charge in [0.15, 0.2) is 6.10 Å². The number of carbonyl (C=O) groups is 1. The SMILES string of the molecule is C=C[C@H](OC(C)=O)[C@](C)(O)/C=C/C1C(C)=CCCC1(C)C. The molecule has 0 aromatic heterocycles. The van der Waals surface area contributed by atoms with Crippen molar-refractivity contribution in [1.29, 1.82) is 0 Å². The highest BCUT2D eigenvalue weighted by atomic mass is 16.6. The predicted molar refractivity (Wildman–Crippen MR) is 85.8 cm³/mol. The Morgan fingerprint density at radius 3 is 2.71 bits per heavy atom. The van der Waals surface area contributed by atoms with Crippen LogP contribution in [-0.4, -0.2) is 22.8 Å². The van der Waals surface area contributed by atoms with Gasteiger partial charge in [0.2, 0.25) is 0 Å². The minimum Gasteiger partial charge on any atom is -0.455 e. The van der Waals surface area contributed by atoms with Gasteiger partial charge in [0, 0.05) is 12.8 Å². The second kappa shape index (κ2) is 6.61. The van der Waals surface area contributed by atoms with Crippen LogP contribution in [0.25, 0.3) is 0 Å². The average molecular weight is 292 g/mol. The van der Waals surface area contributed by atoms with Crippen molar-refractivity contribution >= 4 is 5.97 Å². The van der Waals surface area contributed by atoms with Crippen molar-refractivity contribution in [2.45, 2.75) is 59.2 Å². The van der Waals surface area contributed by atoms with Crippen molar-refractivity contribution in [1.82, 2.24) is 0 Å². The molecule has 0 radical (unpaired) electrons. The van der Waals surface area contributed by atoms with Crippen LogP contribution in [0, 0.1) is 11.3 Å². The van der Waals surface area contributed by atoms with Crippen LogP contribution in [0.2, 0.25) is 0 Å². The van der Waals surface area contributed by atoms with E-state index in [0.717, 1.165) is 12.8 Å². The van der Waals surface area contributed by atoms with E-state index in [1.807, 2.05) is 6.08 Å². The Balaban J connectivity index is 2.95. The number of aliphatic hydroxyl groups is 1. The van der Waals surface area contributed by atoms with E-state index in [1.54, 1.807) is 13.0 Å². The van der Waals surface area contributed by atoms with Gasteiger partial charge in [-0.15, -0.1) is 0 Å². The summed E-state index contributed by atoms with van der Waals surface area (Å²) in [7, 11) is 0. The molecule has 1 unspecified atom stereocenters.